The Balaban J connectivity index is 2.58. The summed E-state index contributed by atoms with van der Waals surface area (Å²) in [6.45, 7) is 9.61. The molecule has 1 heterocycles. The van der Waals surface area contributed by atoms with Crippen molar-refractivity contribution in [3.63, 3.8) is 0 Å². The maximum Gasteiger partial charge on any atom is 0.410 e. The van der Waals surface area contributed by atoms with Crippen LogP contribution < -0.4 is 0 Å². The maximum absolute atomic E-state index is 12.9. The molecular weight excluding hydrogens is 396 g/mol. The number of nitro benzene ring substituents is 1. The minimum absolute atomic E-state index is 0.0900. The second-order valence-electron chi connectivity index (χ2n) is 8.18. The molecule has 1 aliphatic heterocycles. The number of amides is 1. The van der Waals surface area contributed by atoms with Gasteiger partial charge in [-0.1, -0.05) is 13.8 Å². The molecule has 0 unspecified atom stereocenters. The number of thioether (sulfide) groups is 1. The zero-order chi connectivity index (χ0) is 21.9. The van der Waals surface area contributed by atoms with Crippen molar-refractivity contribution in [3.05, 3.63) is 33.9 Å². The van der Waals surface area contributed by atoms with Gasteiger partial charge < -0.3 is 14.4 Å². The van der Waals surface area contributed by atoms with Crippen LogP contribution in [0.15, 0.2) is 23.1 Å². The number of carbonyl (C=O) groups excluding carboxylic acids is 2. The summed E-state index contributed by atoms with van der Waals surface area (Å²) in [5.41, 5.74) is -0.229. The third kappa shape index (κ3) is 5.62. The van der Waals surface area contributed by atoms with Gasteiger partial charge in [-0.05, 0) is 38.8 Å². The molecular formula is C20H28N2O6S. The van der Waals surface area contributed by atoms with Crippen LogP contribution in [0, 0.1) is 16.0 Å². The lowest BCUT2D eigenvalue weighted by atomic mass is 9.93. The van der Waals surface area contributed by atoms with Crippen molar-refractivity contribution >= 4 is 29.5 Å². The minimum atomic E-state index is -0.705. The van der Waals surface area contributed by atoms with E-state index in [0.29, 0.717) is 18.5 Å². The van der Waals surface area contributed by atoms with Crippen molar-refractivity contribution < 1.29 is 24.0 Å². The van der Waals surface area contributed by atoms with Gasteiger partial charge in [0.15, 0.2) is 0 Å². The van der Waals surface area contributed by atoms with Gasteiger partial charge in [0.1, 0.15) is 5.60 Å². The van der Waals surface area contributed by atoms with Gasteiger partial charge >= 0.3 is 12.1 Å². The number of hydrogen-bond donors (Lipinski definition) is 0. The first-order valence-electron chi connectivity index (χ1n) is 9.47. The van der Waals surface area contributed by atoms with E-state index < -0.39 is 34.5 Å². The number of hydrogen-bond acceptors (Lipinski definition) is 7. The predicted octanol–water partition coefficient (Wildman–Crippen LogP) is 4.57. The number of rotatable bonds is 5. The number of esters is 1. The molecule has 0 N–H and O–H groups in total. The van der Waals surface area contributed by atoms with Crippen LogP contribution in [0.5, 0.6) is 0 Å². The van der Waals surface area contributed by atoms with Gasteiger partial charge in [-0.3, -0.25) is 14.9 Å². The van der Waals surface area contributed by atoms with E-state index >= 15 is 0 Å². The lowest BCUT2D eigenvalue weighted by Gasteiger charge is -2.31. The first-order valence-corrected chi connectivity index (χ1v) is 10.3. The van der Waals surface area contributed by atoms with Crippen molar-refractivity contribution in [3.8, 4) is 0 Å². The van der Waals surface area contributed by atoms with Crippen LogP contribution in [-0.2, 0) is 14.3 Å². The molecule has 1 saturated heterocycles. The van der Waals surface area contributed by atoms with Gasteiger partial charge in [0.05, 0.1) is 24.0 Å². The van der Waals surface area contributed by atoms with Crippen molar-refractivity contribution in [2.75, 3.05) is 13.7 Å². The summed E-state index contributed by atoms with van der Waals surface area (Å²) in [4.78, 5) is 38.5. The van der Waals surface area contributed by atoms with Gasteiger partial charge in [0, 0.05) is 28.8 Å². The molecule has 0 bridgehead atoms. The summed E-state index contributed by atoms with van der Waals surface area (Å²) >= 11 is 1.53. The quantitative estimate of drug-likeness (QED) is 0.295. The van der Waals surface area contributed by atoms with E-state index in [0.717, 1.165) is 4.90 Å². The molecule has 1 fully saturated rings. The summed E-state index contributed by atoms with van der Waals surface area (Å²) in [6.07, 6.45) is -0.161. The average Bonchev–Trinajstić information content (AvgIpc) is 3.04. The van der Waals surface area contributed by atoms with Crippen molar-refractivity contribution in [2.24, 2.45) is 5.92 Å². The Morgan fingerprint density at radius 1 is 1.31 bits per heavy atom. The lowest BCUT2D eigenvalue weighted by Crippen LogP contribution is -2.38. The second kappa shape index (κ2) is 9.02. The van der Waals surface area contributed by atoms with E-state index in [1.54, 1.807) is 26.8 Å². The van der Waals surface area contributed by atoms with E-state index in [1.165, 1.54) is 35.9 Å². The lowest BCUT2D eigenvalue weighted by molar-refractivity contribution is -0.385. The van der Waals surface area contributed by atoms with Gasteiger partial charge in [-0.15, -0.1) is 11.8 Å². The first kappa shape index (κ1) is 23.0. The molecule has 1 aromatic rings. The summed E-state index contributed by atoms with van der Waals surface area (Å²) in [6, 6.07) is 3.87. The largest absolute Gasteiger partial charge is 0.469 e. The molecule has 160 valence electrons. The fraction of sp³-hybridized carbons (Fsp3) is 0.600. The zero-order valence-electron chi connectivity index (χ0n) is 17.6. The Morgan fingerprint density at radius 3 is 2.48 bits per heavy atom. The molecule has 2 rings (SSSR count). The van der Waals surface area contributed by atoms with E-state index in [4.69, 9.17) is 9.47 Å². The smallest absolute Gasteiger partial charge is 0.410 e. The van der Waals surface area contributed by atoms with Crippen LogP contribution in [0.4, 0.5) is 10.5 Å². The third-order valence-corrected chi connectivity index (χ3v) is 5.51. The van der Waals surface area contributed by atoms with E-state index in [9.17, 15) is 19.7 Å². The maximum atomic E-state index is 12.9. The molecule has 0 spiro atoms. The Labute approximate surface area is 175 Å². The normalized spacial score (nSPS) is 19.3. The molecule has 0 saturated carbocycles. The van der Waals surface area contributed by atoms with Gasteiger partial charge in [0.2, 0.25) is 0 Å². The van der Waals surface area contributed by atoms with Gasteiger partial charge in [-0.25, -0.2) is 4.79 Å². The monoisotopic (exact) mass is 424 g/mol. The molecule has 29 heavy (non-hydrogen) atoms. The molecule has 8 nitrogen and oxygen atoms in total. The fourth-order valence-electron chi connectivity index (χ4n) is 3.34. The average molecular weight is 425 g/mol. The molecule has 0 aromatic heterocycles. The van der Waals surface area contributed by atoms with Crippen LogP contribution in [0.3, 0.4) is 0 Å². The van der Waals surface area contributed by atoms with Crippen molar-refractivity contribution in [1.29, 1.82) is 0 Å². The highest BCUT2D eigenvalue weighted by Crippen LogP contribution is 2.44. The van der Waals surface area contributed by atoms with E-state index in [-0.39, 0.29) is 10.9 Å². The molecule has 1 aromatic carbocycles. The highest BCUT2D eigenvalue weighted by Gasteiger charge is 2.45. The third-order valence-electron chi connectivity index (χ3n) is 4.42. The van der Waals surface area contributed by atoms with E-state index in [2.05, 4.69) is 0 Å². The number of benzene rings is 1. The van der Waals surface area contributed by atoms with Gasteiger partial charge in [-0.2, -0.15) is 0 Å². The van der Waals surface area contributed by atoms with E-state index in [1.807, 2.05) is 13.8 Å². The number of nitro groups is 1. The highest BCUT2D eigenvalue weighted by atomic mass is 32.2. The van der Waals surface area contributed by atoms with Crippen LogP contribution in [0.2, 0.25) is 0 Å². The number of ether oxygens (including phenoxy) is 2. The van der Waals surface area contributed by atoms with Gasteiger partial charge in [0.25, 0.3) is 5.69 Å². The number of non-ortho nitro benzene ring substituents is 1. The molecule has 1 aliphatic rings. The van der Waals surface area contributed by atoms with Crippen molar-refractivity contribution in [2.45, 2.75) is 62.8 Å². The zero-order valence-corrected chi connectivity index (χ0v) is 18.4. The molecule has 1 amide bonds. The molecule has 0 aliphatic carbocycles. The van der Waals surface area contributed by atoms with Crippen LogP contribution in [0.1, 0.15) is 52.6 Å². The number of carbonyl (C=O) groups is 2. The second-order valence-corrected chi connectivity index (χ2v) is 9.80. The van der Waals surface area contributed by atoms with Crippen molar-refractivity contribution in [1.82, 2.24) is 4.90 Å². The number of likely N-dealkylation sites (tertiary alicyclic amines) is 1. The Hall–Kier alpha value is -2.29. The minimum Gasteiger partial charge on any atom is -0.469 e. The molecule has 0 radical (unpaired) electrons. The van der Waals surface area contributed by atoms with Crippen LogP contribution in [-0.4, -0.2) is 46.4 Å². The molecule has 2 atom stereocenters. The standard InChI is InChI=1S/C20H28N2O6S/c1-12(2)29-16-8-7-13(22(25)26)11-15(16)17-14(18(23)27-6)9-10-21(17)19(24)28-20(3,4)5/h7-8,11-12,14,17H,9-10H2,1-6H3/t14-,17+/m1/s1. The summed E-state index contributed by atoms with van der Waals surface area (Å²) in [5, 5.41) is 11.6. The Morgan fingerprint density at radius 2 is 1.97 bits per heavy atom. The predicted molar refractivity (Wildman–Crippen MR) is 110 cm³/mol. The molecule has 9 heteroatoms. The van der Waals surface area contributed by atoms with Crippen LogP contribution >= 0.6 is 11.8 Å². The number of nitrogens with zero attached hydrogens (tertiary/aromatic N) is 2. The topological polar surface area (TPSA) is 99.0 Å². The summed E-state index contributed by atoms with van der Waals surface area (Å²) in [7, 11) is 1.30. The fourth-order valence-corrected chi connectivity index (χ4v) is 4.31. The SMILES string of the molecule is COC(=O)[C@@H]1CCN(C(=O)OC(C)(C)C)[C@@H]1c1cc([N+](=O)[O-])ccc1SC(C)C. The highest BCUT2D eigenvalue weighted by molar-refractivity contribution is 8.00. The summed E-state index contributed by atoms with van der Waals surface area (Å²) in [5.74, 6) is -1.07. The Bertz CT molecular complexity index is 790. The number of methoxy groups -OCH3 is 1. The summed E-state index contributed by atoms with van der Waals surface area (Å²) < 4.78 is 10.5. The Kier molecular flexibility index (Phi) is 7.15. The first-order chi connectivity index (χ1) is 13.4. The van der Waals surface area contributed by atoms with Crippen LogP contribution in [0.25, 0.3) is 0 Å².